The molecule has 0 aliphatic heterocycles. The van der Waals surface area contributed by atoms with Crippen molar-refractivity contribution >= 4 is 26.0 Å². The van der Waals surface area contributed by atoms with Gasteiger partial charge in [0.25, 0.3) is 0 Å². The summed E-state index contributed by atoms with van der Waals surface area (Å²) in [5.41, 5.74) is 8.83. The molecule has 0 atom stereocenters. The molecule has 2 aromatic carbocycles. The number of phenols is 1. The average Bonchev–Trinajstić information content (AvgIpc) is 2.61. The third-order valence-electron chi connectivity index (χ3n) is 5.42. The highest BCUT2D eigenvalue weighted by molar-refractivity contribution is 7.99. The second-order valence-corrected chi connectivity index (χ2v) is 14.7. The Morgan fingerprint density at radius 2 is 1.77 bits per heavy atom. The van der Waals surface area contributed by atoms with Crippen molar-refractivity contribution in [2.45, 2.75) is 55.7 Å². The van der Waals surface area contributed by atoms with Gasteiger partial charge in [-0.25, -0.2) is 9.97 Å². The fraction of sp³-hybridized carbons (Fsp3) is 0.304. The number of rotatable bonds is 5. The molecule has 0 spiro atoms. The van der Waals surface area contributed by atoms with Crippen LogP contribution in [0.3, 0.4) is 0 Å². The number of aromatic hydroxyl groups is 1. The van der Waals surface area contributed by atoms with Gasteiger partial charge >= 0.3 is 0 Å². The van der Waals surface area contributed by atoms with Gasteiger partial charge in [-0.2, -0.15) is 0 Å². The molecular formula is C23H29N3O2SSi. The van der Waals surface area contributed by atoms with Crippen molar-refractivity contribution in [3.63, 3.8) is 0 Å². The third-order valence-corrected chi connectivity index (χ3v) is 10.7. The summed E-state index contributed by atoms with van der Waals surface area (Å²) in [5, 5.41) is 10.5. The van der Waals surface area contributed by atoms with Crippen molar-refractivity contribution in [1.29, 1.82) is 0 Å². The highest BCUT2D eigenvalue weighted by atomic mass is 32.2. The minimum absolute atomic E-state index is 0.114. The number of nitrogen functional groups attached to an aromatic ring is 1. The van der Waals surface area contributed by atoms with Gasteiger partial charge in [0.05, 0.1) is 5.69 Å². The van der Waals surface area contributed by atoms with E-state index in [0.717, 1.165) is 32.5 Å². The molecule has 3 N–H and O–H groups in total. The van der Waals surface area contributed by atoms with Crippen LogP contribution in [0.15, 0.2) is 58.5 Å². The van der Waals surface area contributed by atoms with E-state index in [1.165, 1.54) is 11.8 Å². The second-order valence-electron chi connectivity index (χ2n) is 8.89. The van der Waals surface area contributed by atoms with Crippen LogP contribution >= 0.6 is 11.8 Å². The molecule has 3 aromatic rings. The highest BCUT2D eigenvalue weighted by Gasteiger charge is 2.39. The van der Waals surface area contributed by atoms with E-state index in [9.17, 15) is 5.11 Å². The first-order chi connectivity index (χ1) is 13.9. The van der Waals surface area contributed by atoms with Gasteiger partial charge in [-0.15, -0.1) is 0 Å². The zero-order valence-electron chi connectivity index (χ0n) is 18.4. The molecule has 0 saturated heterocycles. The Hall–Kier alpha value is -2.51. The summed E-state index contributed by atoms with van der Waals surface area (Å²) < 4.78 is 6.48. The van der Waals surface area contributed by atoms with Crippen LogP contribution in [-0.4, -0.2) is 23.4 Å². The Balaban J connectivity index is 1.96. The average molecular weight is 440 g/mol. The molecule has 1 heterocycles. The molecule has 0 radical (unpaired) electrons. The Bertz CT molecular complexity index is 1060. The number of benzene rings is 2. The van der Waals surface area contributed by atoms with Crippen LogP contribution in [0, 0.1) is 6.92 Å². The van der Waals surface area contributed by atoms with E-state index in [0.29, 0.717) is 0 Å². The predicted octanol–water partition coefficient (Wildman–Crippen LogP) is 6.28. The first kappa shape index (κ1) is 22.2. The summed E-state index contributed by atoms with van der Waals surface area (Å²) in [7, 11) is -1.95. The second kappa shape index (κ2) is 8.32. The summed E-state index contributed by atoms with van der Waals surface area (Å²) in [6.07, 6.45) is 0. The molecule has 30 heavy (non-hydrogen) atoms. The normalized spacial score (nSPS) is 12.1. The fourth-order valence-corrected chi connectivity index (χ4v) is 4.59. The first-order valence-electron chi connectivity index (χ1n) is 9.86. The predicted molar refractivity (Wildman–Crippen MR) is 127 cm³/mol. The van der Waals surface area contributed by atoms with Crippen molar-refractivity contribution in [3.8, 4) is 22.8 Å². The maximum absolute atomic E-state index is 9.71. The largest absolute Gasteiger partial charge is 0.543 e. The van der Waals surface area contributed by atoms with Gasteiger partial charge in [-0.05, 0) is 67.0 Å². The summed E-state index contributed by atoms with van der Waals surface area (Å²) >= 11 is 1.43. The number of aryl methyl sites for hydroxylation is 1. The molecule has 0 fully saturated rings. The lowest BCUT2D eigenvalue weighted by molar-refractivity contribution is 0.474. The van der Waals surface area contributed by atoms with E-state index >= 15 is 0 Å². The Labute approximate surface area is 183 Å². The zero-order chi connectivity index (χ0) is 22.1. The molecule has 3 rings (SSSR count). The summed E-state index contributed by atoms with van der Waals surface area (Å²) in [6, 6.07) is 15.1. The fourth-order valence-electron chi connectivity index (χ4n) is 2.69. The van der Waals surface area contributed by atoms with E-state index in [4.69, 9.17) is 10.2 Å². The van der Waals surface area contributed by atoms with Gasteiger partial charge < -0.3 is 15.3 Å². The van der Waals surface area contributed by atoms with E-state index in [1.807, 2.05) is 31.2 Å². The number of aromatic nitrogens is 2. The molecule has 0 saturated carbocycles. The molecule has 0 amide bonds. The zero-order valence-corrected chi connectivity index (χ0v) is 20.2. The van der Waals surface area contributed by atoms with Gasteiger partial charge in [-0.1, -0.05) is 44.7 Å². The SMILES string of the molecule is Cc1ccc(O[Si](C)(C)C(C)(C)C)cc1-c1cc(Sc2cccc(O)c2)nc(N)n1. The van der Waals surface area contributed by atoms with Crippen molar-refractivity contribution < 1.29 is 9.53 Å². The first-order valence-corrected chi connectivity index (χ1v) is 13.6. The minimum Gasteiger partial charge on any atom is -0.543 e. The van der Waals surface area contributed by atoms with Crippen molar-refractivity contribution in [2.75, 3.05) is 5.73 Å². The molecule has 0 bridgehead atoms. The van der Waals surface area contributed by atoms with Gasteiger partial charge in [0.1, 0.15) is 16.5 Å². The monoisotopic (exact) mass is 439 g/mol. The Kier molecular flexibility index (Phi) is 6.15. The lowest BCUT2D eigenvalue weighted by Gasteiger charge is -2.36. The topological polar surface area (TPSA) is 81.3 Å². The molecule has 7 heteroatoms. The number of nitrogens with two attached hydrogens (primary N) is 1. The van der Waals surface area contributed by atoms with Crippen LogP contribution in [0.25, 0.3) is 11.3 Å². The van der Waals surface area contributed by atoms with Gasteiger partial charge in [0, 0.05) is 10.5 Å². The number of anilines is 1. The molecule has 1 aromatic heterocycles. The van der Waals surface area contributed by atoms with Gasteiger partial charge in [-0.3, -0.25) is 0 Å². The lowest BCUT2D eigenvalue weighted by Crippen LogP contribution is -2.43. The Morgan fingerprint density at radius 3 is 2.43 bits per heavy atom. The molecule has 0 aliphatic carbocycles. The van der Waals surface area contributed by atoms with Gasteiger partial charge in [0.2, 0.25) is 14.3 Å². The Morgan fingerprint density at radius 1 is 1.03 bits per heavy atom. The minimum atomic E-state index is -1.95. The van der Waals surface area contributed by atoms with E-state index in [1.54, 1.807) is 18.2 Å². The van der Waals surface area contributed by atoms with E-state index in [2.05, 4.69) is 49.9 Å². The number of hydrogen-bond donors (Lipinski definition) is 2. The van der Waals surface area contributed by atoms with Crippen LogP contribution in [0.5, 0.6) is 11.5 Å². The number of phenolic OH excluding ortho intramolecular Hbond substituents is 1. The molecule has 0 aliphatic rings. The molecule has 0 unspecified atom stereocenters. The van der Waals surface area contributed by atoms with Gasteiger partial charge in [0.15, 0.2) is 0 Å². The standard InChI is InChI=1S/C23H29N3O2SSi/c1-15-10-11-17(28-30(5,6)23(2,3)4)13-19(15)20-14-21(26-22(24)25-20)29-18-9-7-8-16(27)12-18/h7-14,27H,1-6H3,(H2,24,25,26). The van der Waals surface area contributed by atoms with Crippen molar-refractivity contribution in [2.24, 2.45) is 0 Å². The lowest BCUT2D eigenvalue weighted by atomic mass is 10.1. The number of hydrogen-bond acceptors (Lipinski definition) is 6. The summed E-state index contributed by atoms with van der Waals surface area (Å²) in [4.78, 5) is 9.70. The van der Waals surface area contributed by atoms with Crippen molar-refractivity contribution in [3.05, 3.63) is 54.1 Å². The maximum Gasteiger partial charge on any atom is 0.250 e. The molecule has 5 nitrogen and oxygen atoms in total. The summed E-state index contributed by atoms with van der Waals surface area (Å²) in [6.45, 7) is 13.2. The van der Waals surface area contributed by atoms with Crippen LogP contribution in [0.1, 0.15) is 26.3 Å². The van der Waals surface area contributed by atoms with Crippen LogP contribution < -0.4 is 10.2 Å². The smallest absolute Gasteiger partial charge is 0.250 e. The maximum atomic E-state index is 9.71. The number of nitrogens with zero attached hydrogens (tertiary/aromatic N) is 2. The highest BCUT2D eigenvalue weighted by Crippen LogP contribution is 2.39. The van der Waals surface area contributed by atoms with Crippen LogP contribution in [0.4, 0.5) is 5.95 Å². The van der Waals surface area contributed by atoms with Crippen LogP contribution in [0.2, 0.25) is 18.1 Å². The summed E-state index contributed by atoms with van der Waals surface area (Å²) in [5.74, 6) is 1.28. The molecular weight excluding hydrogens is 410 g/mol. The van der Waals surface area contributed by atoms with Crippen LogP contribution in [-0.2, 0) is 0 Å². The van der Waals surface area contributed by atoms with E-state index < -0.39 is 8.32 Å². The van der Waals surface area contributed by atoms with Crippen molar-refractivity contribution in [1.82, 2.24) is 9.97 Å². The quantitative estimate of drug-likeness (QED) is 0.360. The van der Waals surface area contributed by atoms with E-state index in [-0.39, 0.29) is 16.7 Å². The molecule has 158 valence electrons. The third kappa shape index (κ3) is 5.15.